The molecule has 0 spiro atoms. The van der Waals surface area contributed by atoms with E-state index in [2.05, 4.69) is 18.7 Å². The van der Waals surface area contributed by atoms with Gasteiger partial charge in [-0.05, 0) is 27.2 Å². The van der Waals surface area contributed by atoms with Gasteiger partial charge in [0.15, 0.2) is 0 Å². The number of rotatable bonds is 6. The van der Waals surface area contributed by atoms with Crippen molar-refractivity contribution in [1.29, 1.82) is 0 Å². The lowest BCUT2D eigenvalue weighted by Gasteiger charge is -2.24. The van der Waals surface area contributed by atoms with E-state index < -0.39 is 0 Å². The lowest BCUT2D eigenvalue weighted by molar-refractivity contribution is -0.118. The summed E-state index contributed by atoms with van der Waals surface area (Å²) in [6.07, 6.45) is 0.742. The van der Waals surface area contributed by atoms with E-state index in [1.54, 1.807) is 6.92 Å². The molecule has 0 aliphatic heterocycles. The minimum Gasteiger partial charge on any atom is -0.396 e. The molecule has 0 rings (SSSR count). The monoisotopic (exact) mass is 173 g/mol. The Hall–Kier alpha value is -0.410. The highest BCUT2D eigenvalue weighted by Crippen LogP contribution is 1.99. The first kappa shape index (κ1) is 11.6. The van der Waals surface area contributed by atoms with Crippen LogP contribution in [0, 0.1) is 0 Å². The molecule has 0 aliphatic rings. The highest BCUT2D eigenvalue weighted by molar-refractivity contribution is 5.77. The second kappa shape index (κ2) is 6.14. The second-order valence-corrected chi connectivity index (χ2v) is 3.34. The standard InChI is InChI=1S/C9H19NO2/c1-8(2)10(5-4-6-11)7-9(3)12/h8,11H,4-7H2,1-3H3. The van der Waals surface area contributed by atoms with Gasteiger partial charge in [0.25, 0.3) is 0 Å². The molecule has 0 fully saturated rings. The maximum Gasteiger partial charge on any atom is 0.143 e. The van der Waals surface area contributed by atoms with Crippen molar-refractivity contribution in [2.45, 2.75) is 33.2 Å². The van der Waals surface area contributed by atoms with Crippen LogP contribution in [0.5, 0.6) is 0 Å². The van der Waals surface area contributed by atoms with Gasteiger partial charge in [-0.2, -0.15) is 0 Å². The van der Waals surface area contributed by atoms with Crippen molar-refractivity contribution in [1.82, 2.24) is 4.90 Å². The number of nitrogens with zero attached hydrogens (tertiary/aromatic N) is 1. The number of ketones is 1. The number of carbonyl (C=O) groups excluding carboxylic acids is 1. The van der Waals surface area contributed by atoms with E-state index in [-0.39, 0.29) is 12.4 Å². The van der Waals surface area contributed by atoms with Gasteiger partial charge in [0.05, 0.1) is 6.54 Å². The summed E-state index contributed by atoms with van der Waals surface area (Å²) in [5, 5.41) is 8.62. The number of hydrogen-bond donors (Lipinski definition) is 1. The van der Waals surface area contributed by atoms with E-state index in [0.29, 0.717) is 12.6 Å². The predicted molar refractivity (Wildman–Crippen MR) is 49.1 cm³/mol. The molecule has 12 heavy (non-hydrogen) atoms. The fourth-order valence-corrected chi connectivity index (χ4v) is 1.08. The van der Waals surface area contributed by atoms with Crippen LogP contribution in [0.4, 0.5) is 0 Å². The molecule has 0 aliphatic carbocycles. The first-order valence-electron chi connectivity index (χ1n) is 4.42. The Morgan fingerprint density at radius 3 is 2.42 bits per heavy atom. The molecule has 0 unspecified atom stereocenters. The van der Waals surface area contributed by atoms with Crippen molar-refractivity contribution in [3.63, 3.8) is 0 Å². The number of Topliss-reactive ketones (excluding diaryl/α,β-unsaturated/α-hetero) is 1. The lowest BCUT2D eigenvalue weighted by atomic mass is 10.2. The van der Waals surface area contributed by atoms with Gasteiger partial charge in [0, 0.05) is 19.2 Å². The maximum atomic E-state index is 10.8. The summed E-state index contributed by atoms with van der Waals surface area (Å²) in [7, 11) is 0. The van der Waals surface area contributed by atoms with E-state index in [1.807, 2.05) is 0 Å². The first-order valence-corrected chi connectivity index (χ1v) is 4.42. The Bertz CT molecular complexity index is 134. The highest BCUT2D eigenvalue weighted by atomic mass is 16.3. The van der Waals surface area contributed by atoms with Gasteiger partial charge in [0.2, 0.25) is 0 Å². The normalized spacial score (nSPS) is 11.2. The summed E-state index contributed by atoms with van der Waals surface area (Å²) in [6.45, 7) is 7.20. The van der Waals surface area contributed by atoms with E-state index >= 15 is 0 Å². The number of aliphatic hydroxyl groups is 1. The molecule has 1 N–H and O–H groups in total. The summed E-state index contributed by atoms with van der Waals surface area (Å²) >= 11 is 0. The van der Waals surface area contributed by atoms with E-state index in [0.717, 1.165) is 13.0 Å². The predicted octanol–water partition coefficient (Wildman–Crippen LogP) is 0.668. The Labute approximate surface area is 74.4 Å². The first-order chi connectivity index (χ1) is 5.57. The number of aliphatic hydroxyl groups excluding tert-OH is 1. The summed E-state index contributed by atoms with van der Waals surface area (Å²) in [5.74, 6) is 0.182. The van der Waals surface area contributed by atoms with Gasteiger partial charge in [-0.3, -0.25) is 9.69 Å². The van der Waals surface area contributed by atoms with Crippen LogP contribution >= 0.6 is 0 Å². The quantitative estimate of drug-likeness (QED) is 0.641. The summed E-state index contributed by atoms with van der Waals surface area (Å²) < 4.78 is 0. The van der Waals surface area contributed by atoms with Crippen LogP contribution in [0.25, 0.3) is 0 Å². The molecule has 3 nitrogen and oxygen atoms in total. The van der Waals surface area contributed by atoms with Crippen LogP contribution in [0.15, 0.2) is 0 Å². The summed E-state index contributed by atoms with van der Waals surface area (Å²) in [6, 6.07) is 0.375. The van der Waals surface area contributed by atoms with Crippen LogP contribution in [0.2, 0.25) is 0 Å². The third kappa shape index (κ3) is 5.27. The van der Waals surface area contributed by atoms with Gasteiger partial charge in [-0.25, -0.2) is 0 Å². The average Bonchev–Trinajstić information content (AvgIpc) is 1.96. The van der Waals surface area contributed by atoms with Crippen LogP contribution in [-0.2, 0) is 4.79 Å². The highest BCUT2D eigenvalue weighted by Gasteiger charge is 2.10. The molecular formula is C9H19NO2. The molecule has 0 saturated heterocycles. The number of carbonyl (C=O) groups is 1. The van der Waals surface area contributed by atoms with E-state index in [4.69, 9.17) is 5.11 Å². The number of hydrogen-bond acceptors (Lipinski definition) is 3. The zero-order valence-corrected chi connectivity index (χ0v) is 8.21. The average molecular weight is 173 g/mol. The van der Waals surface area contributed by atoms with Gasteiger partial charge in [0.1, 0.15) is 5.78 Å². The van der Waals surface area contributed by atoms with Gasteiger partial charge < -0.3 is 5.11 Å². The van der Waals surface area contributed by atoms with Crippen molar-refractivity contribution in [3.05, 3.63) is 0 Å². The molecule has 0 aromatic heterocycles. The molecule has 0 atom stereocenters. The molecule has 3 heteroatoms. The van der Waals surface area contributed by atoms with Crippen LogP contribution in [0.3, 0.4) is 0 Å². The molecule has 72 valence electrons. The third-order valence-corrected chi connectivity index (χ3v) is 1.76. The zero-order chi connectivity index (χ0) is 9.56. The van der Waals surface area contributed by atoms with Crippen molar-refractivity contribution in [2.75, 3.05) is 19.7 Å². The lowest BCUT2D eigenvalue weighted by Crippen LogP contribution is -2.36. The maximum absolute atomic E-state index is 10.8. The van der Waals surface area contributed by atoms with Crippen molar-refractivity contribution in [2.24, 2.45) is 0 Å². The fraction of sp³-hybridized carbons (Fsp3) is 0.889. The third-order valence-electron chi connectivity index (χ3n) is 1.76. The van der Waals surface area contributed by atoms with E-state index in [9.17, 15) is 4.79 Å². The topological polar surface area (TPSA) is 40.5 Å². The second-order valence-electron chi connectivity index (χ2n) is 3.34. The van der Waals surface area contributed by atoms with Crippen LogP contribution in [-0.4, -0.2) is 41.5 Å². The molecule has 0 aromatic rings. The van der Waals surface area contributed by atoms with Gasteiger partial charge >= 0.3 is 0 Å². The molecule has 0 radical (unpaired) electrons. The molecule has 0 bridgehead atoms. The van der Waals surface area contributed by atoms with E-state index in [1.165, 1.54) is 0 Å². The van der Waals surface area contributed by atoms with Gasteiger partial charge in [-0.1, -0.05) is 0 Å². The van der Waals surface area contributed by atoms with Crippen molar-refractivity contribution < 1.29 is 9.90 Å². The van der Waals surface area contributed by atoms with Crippen molar-refractivity contribution >= 4 is 5.78 Å². The molecule has 0 amide bonds. The summed E-state index contributed by atoms with van der Waals surface area (Å²) in [4.78, 5) is 12.9. The summed E-state index contributed by atoms with van der Waals surface area (Å²) in [5.41, 5.74) is 0. The van der Waals surface area contributed by atoms with Gasteiger partial charge in [-0.15, -0.1) is 0 Å². The smallest absolute Gasteiger partial charge is 0.143 e. The molecule has 0 heterocycles. The molecule has 0 aromatic carbocycles. The Balaban J connectivity index is 3.78. The fourth-order valence-electron chi connectivity index (χ4n) is 1.08. The largest absolute Gasteiger partial charge is 0.396 e. The Kier molecular flexibility index (Phi) is 5.93. The zero-order valence-electron chi connectivity index (χ0n) is 8.21. The molecule has 0 saturated carbocycles. The minimum atomic E-state index is 0.182. The molecular weight excluding hydrogens is 154 g/mol. The van der Waals surface area contributed by atoms with Crippen molar-refractivity contribution in [3.8, 4) is 0 Å². The SMILES string of the molecule is CC(=O)CN(CCCO)C(C)C. The minimum absolute atomic E-state index is 0.182. The van der Waals surface area contributed by atoms with Crippen LogP contribution in [0.1, 0.15) is 27.2 Å². The Morgan fingerprint density at radius 2 is 2.08 bits per heavy atom. The Morgan fingerprint density at radius 1 is 1.50 bits per heavy atom. The van der Waals surface area contributed by atoms with Crippen LogP contribution < -0.4 is 0 Å².